The highest BCUT2D eigenvalue weighted by Crippen LogP contribution is 2.33. The Morgan fingerprint density at radius 2 is 2.25 bits per heavy atom. The number of hydrogen-bond donors (Lipinski definition) is 2. The molecule has 1 aliphatic rings. The van der Waals surface area contributed by atoms with Gasteiger partial charge in [0.15, 0.2) is 0 Å². The topological polar surface area (TPSA) is 50.4 Å². The lowest BCUT2D eigenvalue weighted by Crippen LogP contribution is -2.36. The molecule has 0 saturated heterocycles. The lowest BCUT2D eigenvalue weighted by Gasteiger charge is -2.16. The number of carbonyl (C=O) groups is 1. The minimum absolute atomic E-state index is 0.00694. The average molecular weight is 276 g/mol. The molecule has 1 aromatic rings. The number of benzene rings is 1. The van der Waals surface area contributed by atoms with E-state index in [1.165, 1.54) is 19.3 Å². The Balaban J connectivity index is 1.75. The molecule has 0 radical (unpaired) electrons. The molecule has 0 spiro atoms. The van der Waals surface area contributed by atoms with Gasteiger partial charge in [0.2, 0.25) is 5.91 Å². The monoisotopic (exact) mass is 276 g/mol. The number of carbonyl (C=O) groups excluding carboxylic acids is 1. The highest BCUT2D eigenvalue weighted by molar-refractivity contribution is 5.92. The van der Waals surface area contributed by atoms with E-state index in [2.05, 4.69) is 17.6 Å². The van der Waals surface area contributed by atoms with Gasteiger partial charge < -0.3 is 15.4 Å². The minimum atomic E-state index is -0.00694. The summed E-state index contributed by atoms with van der Waals surface area (Å²) in [5.74, 6) is 1.62. The number of methoxy groups -OCH3 is 1. The van der Waals surface area contributed by atoms with Crippen LogP contribution in [0.25, 0.3) is 0 Å². The molecular weight excluding hydrogens is 252 g/mol. The first-order valence-corrected chi connectivity index (χ1v) is 7.38. The average Bonchev–Trinajstić information content (AvgIpc) is 3.27. The molecule has 4 heteroatoms. The van der Waals surface area contributed by atoms with Gasteiger partial charge >= 0.3 is 0 Å². The van der Waals surface area contributed by atoms with Crippen molar-refractivity contribution in [1.82, 2.24) is 5.32 Å². The lowest BCUT2D eigenvalue weighted by molar-refractivity contribution is -0.115. The number of ether oxygens (including phenoxy) is 1. The normalized spacial score (nSPS) is 15.7. The first-order chi connectivity index (χ1) is 9.71. The lowest BCUT2D eigenvalue weighted by atomic mass is 10.1. The van der Waals surface area contributed by atoms with Gasteiger partial charge in [-0.25, -0.2) is 0 Å². The van der Waals surface area contributed by atoms with Crippen LogP contribution in [0.15, 0.2) is 24.3 Å². The second-order valence-electron chi connectivity index (χ2n) is 5.45. The summed E-state index contributed by atoms with van der Waals surface area (Å²) >= 11 is 0. The van der Waals surface area contributed by atoms with E-state index in [0.717, 1.165) is 23.8 Å². The Kier molecular flexibility index (Phi) is 5.41. The Morgan fingerprint density at radius 1 is 1.45 bits per heavy atom. The van der Waals surface area contributed by atoms with Crippen molar-refractivity contribution in [3.8, 4) is 5.75 Å². The maximum absolute atomic E-state index is 11.9. The zero-order valence-electron chi connectivity index (χ0n) is 12.3. The number of hydrogen-bond acceptors (Lipinski definition) is 3. The fraction of sp³-hybridized carbons (Fsp3) is 0.562. The quantitative estimate of drug-likeness (QED) is 0.767. The second kappa shape index (κ2) is 7.29. The number of amides is 1. The summed E-state index contributed by atoms with van der Waals surface area (Å²) in [6.07, 6.45) is 4.98. The summed E-state index contributed by atoms with van der Waals surface area (Å²) in [6.45, 7) is 2.53. The molecule has 4 nitrogen and oxygen atoms in total. The Morgan fingerprint density at radius 3 is 2.90 bits per heavy atom. The van der Waals surface area contributed by atoms with E-state index in [1.807, 2.05) is 24.3 Å². The van der Waals surface area contributed by atoms with Crippen LogP contribution in [0.4, 0.5) is 5.69 Å². The molecule has 1 unspecified atom stereocenters. The zero-order valence-corrected chi connectivity index (χ0v) is 12.3. The van der Waals surface area contributed by atoms with Crippen molar-refractivity contribution in [2.24, 2.45) is 5.92 Å². The maximum atomic E-state index is 11.9. The predicted octanol–water partition coefficient (Wildman–Crippen LogP) is 2.80. The van der Waals surface area contributed by atoms with Gasteiger partial charge in [0.25, 0.3) is 0 Å². The van der Waals surface area contributed by atoms with Gasteiger partial charge in [0, 0.05) is 17.8 Å². The summed E-state index contributed by atoms with van der Waals surface area (Å²) in [4.78, 5) is 11.9. The third kappa shape index (κ3) is 4.85. The smallest absolute Gasteiger partial charge is 0.238 e. The third-order valence-corrected chi connectivity index (χ3v) is 3.71. The van der Waals surface area contributed by atoms with Gasteiger partial charge in [-0.1, -0.05) is 25.8 Å². The fourth-order valence-electron chi connectivity index (χ4n) is 2.29. The molecule has 0 aliphatic heterocycles. The summed E-state index contributed by atoms with van der Waals surface area (Å²) in [7, 11) is 1.62. The highest BCUT2D eigenvalue weighted by atomic mass is 16.5. The molecule has 1 atom stereocenters. The predicted molar refractivity (Wildman–Crippen MR) is 81.0 cm³/mol. The molecule has 1 fully saturated rings. The van der Waals surface area contributed by atoms with Gasteiger partial charge in [0.1, 0.15) is 5.75 Å². The van der Waals surface area contributed by atoms with Crippen LogP contribution in [0.5, 0.6) is 5.75 Å². The van der Waals surface area contributed by atoms with Crippen molar-refractivity contribution < 1.29 is 9.53 Å². The molecule has 2 rings (SSSR count). The first kappa shape index (κ1) is 14.9. The van der Waals surface area contributed by atoms with Gasteiger partial charge in [-0.3, -0.25) is 4.79 Å². The Labute approximate surface area is 120 Å². The molecule has 1 aliphatic carbocycles. The molecular formula is C16H24N2O2. The number of anilines is 1. The van der Waals surface area contributed by atoms with Crippen molar-refractivity contribution in [1.29, 1.82) is 0 Å². The second-order valence-corrected chi connectivity index (χ2v) is 5.45. The van der Waals surface area contributed by atoms with Crippen molar-refractivity contribution in [2.45, 2.75) is 38.6 Å². The number of nitrogens with one attached hydrogen (secondary N) is 2. The molecule has 1 amide bonds. The number of rotatable bonds is 8. The maximum Gasteiger partial charge on any atom is 0.238 e. The van der Waals surface area contributed by atoms with E-state index in [1.54, 1.807) is 7.11 Å². The van der Waals surface area contributed by atoms with Crippen LogP contribution >= 0.6 is 0 Å². The van der Waals surface area contributed by atoms with Gasteiger partial charge in [-0.05, 0) is 30.9 Å². The SMILES string of the molecule is CCC(CC1CC1)NCC(=O)Nc1cccc(OC)c1. The molecule has 110 valence electrons. The minimum Gasteiger partial charge on any atom is -0.497 e. The van der Waals surface area contributed by atoms with E-state index < -0.39 is 0 Å². The molecule has 20 heavy (non-hydrogen) atoms. The van der Waals surface area contributed by atoms with Gasteiger partial charge in [-0.15, -0.1) is 0 Å². The van der Waals surface area contributed by atoms with Crippen LogP contribution in [-0.4, -0.2) is 25.6 Å². The van der Waals surface area contributed by atoms with Crippen molar-refractivity contribution in [2.75, 3.05) is 19.0 Å². The van der Waals surface area contributed by atoms with Crippen LogP contribution < -0.4 is 15.4 Å². The molecule has 1 aromatic carbocycles. The van der Waals surface area contributed by atoms with E-state index >= 15 is 0 Å². The van der Waals surface area contributed by atoms with Crippen molar-refractivity contribution in [3.63, 3.8) is 0 Å². The third-order valence-electron chi connectivity index (χ3n) is 3.71. The Bertz CT molecular complexity index is 444. The molecule has 1 saturated carbocycles. The van der Waals surface area contributed by atoms with E-state index in [0.29, 0.717) is 12.6 Å². The Hall–Kier alpha value is -1.55. The van der Waals surface area contributed by atoms with Crippen LogP contribution in [0.2, 0.25) is 0 Å². The van der Waals surface area contributed by atoms with E-state index in [-0.39, 0.29) is 5.91 Å². The van der Waals surface area contributed by atoms with Crippen LogP contribution in [0.3, 0.4) is 0 Å². The summed E-state index contributed by atoms with van der Waals surface area (Å²) in [5.41, 5.74) is 0.770. The molecule has 0 bridgehead atoms. The van der Waals surface area contributed by atoms with Crippen LogP contribution in [-0.2, 0) is 4.79 Å². The summed E-state index contributed by atoms with van der Waals surface area (Å²) in [5, 5.41) is 6.23. The van der Waals surface area contributed by atoms with Gasteiger partial charge in [0.05, 0.1) is 13.7 Å². The fourth-order valence-corrected chi connectivity index (χ4v) is 2.29. The zero-order chi connectivity index (χ0) is 14.4. The van der Waals surface area contributed by atoms with Crippen molar-refractivity contribution in [3.05, 3.63) is 24.3 Å². The van der Waals surface area contributed by atoms with Gasteiger partial charge in [-0.2, -0.15) is 0 Å². The van der Waals surface area contributed by atoms with Crippen LogP contribution in [0.1, 0.15) is 32.6 Å². The molecule has 0 heterocycles. The van der Waals surface area contributed by atoms with Crippen LogP contribution in [0, 0.1) is 5.92 Å². The summed E-state index contributed by atoms with van der Waals surface area (Å²) < 4.78 is 5.14. The summed E-state index contributed by atoms with van der Waals surface area (Å²) in [6, 6.07) is 7.86. The first-order valence-electron chi connectivity index (χ1n) is 7.38. The van der Waals surface area contributed by atoms with E-state index in [4.69, 9.17) is 4.74 Å². The molecule has 0 aromatic heterocycles. The standard InChI is InChI=1S/C16H24N2O2/c1-3-13(9-12-7-8-12)17-11-16(19)18-14-5-4-6-15(10-14)20-2/h4-6,10,12-13,17H,3,7-9,11H2,1-2H3,(H,18,19). The van der Waals surface area contributed by atoms with E-state index in [9.17, 15) is 4.79 Å². The largest absolute Gasteiger partial charge is 0.497 e. The van der Waals surface area contributed by atoms with Crippen molar-refractivity contribution >= 4 is 11.6 Å². The highest BCUT2D eigenvalue weighted by Gasteiger charge is 2.24. The molecule has 2 N–H and O–H groups in total.